The molecular formula is C15H23NO. The largest absolute Gasteiger partial charge is 0.491 e. The van der Waals surface area contributed by atoms with Gasteiger partial charge in [-0.05, 0) is 44.5 Å². The van der Waals surface area contributed by atoms with Crippen LogP contribution in [0.2, 0.25) is 0 Å². The molecule has 0 aliphatic carbocycles. The molecule has 0 heterocycles. The minimum atomic E-state index is 0.223. The lowest BCUT2D eigenvalue weighted by atomic mass is 10.2. The van der Waals surface area contributed by atoms with Gasteiger partial charge in [-0.15, -0.1) is 0 Å². The van der Waals surface area contributed by atoms with Crippen molar-refractivity contribution < 1.29 is 4.74 Å². The Morgan fingerprint density at radius 3 is 2.88 bits per heavy atom. The van der Waals surface area contributed by atoms with E-state index in [1.807, 2.05) is 26.0 Å². The second-order valence-electron chi connectivity index (χ2n) is 4.35. The number of hydrogen-bond acceptors (Lipinski definition) is 2. The molecule has 0 spiro atoms. The van der Waals surface area contributed by atoms with Crippen molar-refractivity contribution in [2.75, 3.05) is 13.1 Å². The maximum Gasteiger partial charge on any atom is 0.120 e. The lowest BCUT2D eigenvalue weighted by molar-refractivity contribution is 0.242. The molecule has 17 heavy (non-hydrogen) atoms. The Morgan fingerprint density at radius 2 is 2.18 bits per heavy atom. The van der Waals surface area contributed by atoms with Crippen molar-refractivity contribution in [2.45, 2.75) is 33.3 Å². The van der Waals surface area contributed by atoms with E-state index in [9.17, 15) is 0 Å². The highest BCUT2D eigenvalue weighted by Crippen LogP contribution is 2.15. The van der Waals surface area contributed by atoms with E-state index >= 15 is 0 Å². The summed E-state index contributed by atoms with van der Waals surface area (Å²) >= 11 is 0. The van der Waals surface area contributed by atoms with Crippen molar-refractivity contribution in [3.63, 3.8) is 0 Å². The van der Waals surface area contributed by atoms with Crippen molar-refractivity contribution in [3.8, 4) is 5.75 Å². The smallest absolute Gasteiger partial charge is 0.120 e. The molecule has 1 aromatic carbocycles. The molecule has 94 valence electrons. The lowest BCUT2D eigenvalue weighted by Crippen LogP contribution is -2.13. The van der Waals surface area contributed by atoms with Crippen LogP contribution in [0.5, 0.6) is 5.75 Å². The first kappa shape index (κ1) is 13.8. The molecule has 0 radical (unpaired) electrons. The average molecular weight is 233 g/mol. The van der Waals surface area contributed by atoms with Crippen molar-refractivity contribution in [1.29, 1.82) is 0 Å². The van der Waals surface area contributed by atoms with Gasteiger partial charge in [0.05, 0.1) is 6.10 Å². The van der Waals surface area contributed by atoms with Crippen LogP contribution in [0.1, 0.15) is 32.8 Å². The third-order valence-corrected chi connectivity index (χ3v) is 2.23. The van der Waals surface area contributed by atoms with Crippen LogP contribution in [0, 0.1) is 0 Å². The number of rotatable bonds is 7. The molecule has 2 heteroatoms. The summed E-state index contributed by atoms with van der Waals surface area (Å²) in [7, 11) is 0. The van der Waals surface area contributed by atoms with E-state index < -0.39 is 0 Å². The molecule has 1 rings (SSSR count). The number of nitrogens with one attached hydrogen (secondary N) is 1. The molecular weight excluding hydrogens is 210 g/mol. The van der Waals surface area contributed by atoms with Crippen molar-refractivity contribution >= 4 is 6.08 Å². The maximum absolute atomic E-state index is 5.65. The minimum Gasteiger partial charge on any atom is -0.491 e. The highest BCUT2D eigenvalue weighted by atomic mass is 16.5. The lowest BCUT2D eigenvalue weighted by Gasteiger charge is -2.09. The van der Waals surface area contributed by atoms with Gasteiger partial charge in [0.1, 0.15) is 5.75 Å². The summed E-state index contributed by atoms with van der Waals surface area (Å²) < 4.78 is 5.65. The van der Waals surface area contributed by atoms with Gasteiger partial charge in [-0.3, -0.25) is 0 Å². The third-order valence-electron chi connectivity index (χ3n) is 2.23. The quantitative estimate of drug-likeness (QED) is 0.728. The van der Waals surface area contributed by atoms with E-state index in [0.29, 0.717) is 0 Å². The fraction of sp³-hybridized carbons (Fsp3) is 0.467. The molecule has 0 aromatic heterocycles. The van der Waals surface area contributed by atoms with Gasteiger partial charge in [0, 0.05) is 6.54 Å². The number of benzene rings is 1. The first-order valence-corrected chi connectivity index (χ1v) is 6.36. The molecule has 0 atom stereocenters. The van der Waals surface area contributed by atoms with Crippen LogP contribution in [-0.2, 0) is 0 Å². The standard InChI is InChI=1S/C15H23NO/c1-4-10-16-11-6-8-14-7-5-9-15(12-14)17-13(2)3/h5-9,12-13,16H,4,10-11H2,1-3H3. The highest BCUT2D eigenvalue weighted by molar-refractivity contribution is 5.51. The normalized spacial score (nSPS) is 11.3. The molecule has 1 N–H and O–H groups in total. The summed E-state index contributed by atoms with van der Waals surface area (Å²) in [5.41, 5.74) is 1.18. The Balaban J connectivity index is 2.47. The van der Waals surface area contributed by atoms with Gasteiger partial charge >= 0.3 is 0 Å². The topological polar surface area (TPSA) is 21.3 Å². The Hall–Kier alpha value is -1.28. The van der Waals surface area contributed by atoms with E-state index in [1.54, 1.807) is 0 Å². The van der Waals surface area contributed by atoms with Crippen LogP contribution in [0.4, 0.5) is 0 Å². The van der Waals surface area contributed by atoms with E-state index in [4.69, 9.17) is 4.74 Å². The molecule has 0 amide bonds. The van der Waals surface area contributed by atoms with Gasteiger partial charge in [-0.2, -0.15) is 0 Å². The predicted octanol–water partition coefficient (Wildman–Crippen LogP) is 3.49. The number of ether oxygens (including phenoxy) is 1. The Bertz CT molecular complexity index is 345. The second kappa shape index (κ2) is 7.91. The highest BCUT2D eigenvalue weighted by Gasteiger charge is 1.97. The van der Waals surface area contributed by atoms with E-state index in [0.717, 1.165) is 18.8 Å². The van der Waals surface area contributed by atoms with E-state index in [-0.39, 0.29) is 6.10 Å². The van der Waals surface area contributed by atoms with Crippen LogP contribution < -0.4 is 10.1 Å². The fourth-order valence-corrected chi connectivity index (χ4v) is 1.52. The average Bonchev–Trinajstić information content (AvgIpc) is 2.28. The van der Waals surface area contributed by atoms with Crippen LogP contribution >= 0.6 is 0 Å². The predicted molar refractivity (Wildman–Crippen MR) is 74.4 cm³/mol. The van der Waals surface area contributed by atoms with Crippen LogP contribution in [-0.4, -0.2) is 19.2 Å². The van der Waals surface area contributed by atoms with Gasteiger partial charge in [-0.25, -0.2) is 0 Å². The minimum absolute atomic E-state index is 0.223. The van der Waals surface area contributed by atoms with Gasteiger partial charge in [0.15, 0.2) is 0 Å². The summed E-state index contributed by atoms with van der Waals surface area (Å²) in [6, 6.07) is 8.17. The Kier molecular flexibility index (Phi) is 6.41. The fourth-order valence-electron chi connectivity index (χ4n) is 1.52. The van der Waals surface area contributed by atoms with Gasteiger partial charge < -0.3 is 10.1 Å². The third kappa shape index (κ3) is 6.12. The first-order chi connectivity index (χ1) is 8.22. The number of hydrogen-bond donors (Lipinski definition) is 1. The molecule has 0 aliphatic rings. The summed E-state index contributed by atoms with van der Waals surface area (Å²) in [4.78, 5) is 0. The van der Waals surface area contributed by atoms with Crippen LogP contribution in [0.3, 0.4) is 0 Å². The first-order valence-electron chi connectivity index (χ1n) is 6.36. The molecule has 0 bridgehead atoms. The van der Waals surface area contributed by atoms with Gasteiger partial charge in [0.25, 0.3) is 0 Å². The second-order valence-corrected chi connectivity index (χ2v) is 4.35. The van der Waals surface area contributed by atoms with Gasteiger partial charge in [-0.1, -0.05) is 31.2 Å². The molecule has 0 unspecified atom stereocenters. The van der Waals surface area contributed by atoms with E-state index in [1.165, 1.54) is 12.0 Å². The molecule has 0 fully saturated rings. The molecule has 1 aromatic rings. The SMILES string of the molecule is CCCNCC=Cc1cccc(OC(C)C)c1. The van der Waals surface area contributed by atoms with E-state index in [2.05, 4.69) is 36.5 Å². The maximum atomic E-state index is 5.65. The summed E-state index contributed by atoms with van der Waals surface area (Å²) in [5.74, 6) is 0.934. The van der Waals surface area contributed by atoms with Crippen LogP contribution in [0.25, 0.3) is 6.08 Å². The van der Waals surface area contributed by atoms with Crippen molar-refractivity contribution in [2.24, 2.45) is 0 Å². The Labute approximate surface area is 105 Å². The summed E-state index contributed by atoms with van der Waals surface area (Å²) in [6.45, 7) is 8.24. The zero-order chi connectivity index (χ0) is 12.5. The van der Waals surface area contributed by atoms with Crippen molar-refractivity contribution in [1.82, 2.24) is 5.32 Å². The van der Waals surface area contributed by atoms with Crippen molar-refractivity contribution in [3.05, 3.63) is 35.9 Å². The molecule has 0 saturated carbocycles. The zero-order valence-corrected chi connectivity index (χ0v) is 11.1. The molecule has 2 nitrogen and oxygen atoms in total. The summed E-state index contributed by atoms with van der Waals surface area (Å²) in [5, 5.41) is 3.33. The zero-order valence-electron chi connectivity index (χ0n) is 11.1. The van der Waals surface area contributed by atoms with Crippen LogP contribution in [0.15, 0.2) is 30.3 Å². The molecule has 0 saturated heterocycles. The molecule has 0 aliphatic heterocycles. The van der Waals surface area contributed by atoms with Gasteiger partial charge in [0.2, 0.25) is 0 Å². The monoisotopic (exact) mass is 233 g/mol. The summed E-state index contributed by atoms with van der Waals surface area (Å²) in [6.07, 6.45) is 5.66. The Morgan fingerprint density at radius 1 is 1.35 bits per heavy atom.